The second-order valence-corrected chi connectivity index (χ2v) is 5.94. The lowest BCUT2D eigenvalue weighted by Gasteiger charge is -2.14. The number of nitrogens with one attached hydrogen (secondary N) is 2. The van der Waals surface area contributed by atoms with Crippen molar-refractivity contribution >= 4 is 29.9 Å². The average Bonchev–Trinajstić information content (AvgIpc) is 2.72. The number of halogens is 1. The maximum absolute atomic E-state index is 5.69. The summed E-state index contributed by atoms with van der Waals surface area (Å²) in [5.41, 5.74) is 3.44. The summed E-state index contributed by atoms with van der Waals surface area (Å²) >= 11 is 0. The molecule has 152 valence electrons. The van der Waals surface area contributed by atoms with E-state index in [-0.39, 0.29) is 24.0 Å². The van der Waals surface area contributed by atoms with Gasteiger partial charge in [0.25, 0.3) is 0 Å². The van der Waals surface area contributed by atoms with Crippen LogP contribution in [0.2, 0.25) is 0 Å². The molecule has 0 aliphatic carbocycles. The number of nitrogens with zero attached hydrogens (tertiary/aromatic N) is 1. The van der Waals surface area contributed by atoms with Crippen molar-refractivity contribution in [2.75, 3.05) is 20.3 Å². The highest BCUT2D eigenvalue weighted by atomic mass is 127. The summed E-state index contributed by atoms with van der Waals surface area (Å²) in [6.07, 6.45) is 1.74. The van der Waals surface area contributed by atoms with Crippen molar-refractivity contribution in [2.45, 2.75) is 26.6 Å². The Labute approximate surface area is 185 Å². The van der Waals surface area contributed by atoms with Gasteiger partial charge in [0.05, 0.1) is 6.61 Å². The lowest BCUT2D eigenvalue weighted by Crippen LogP contribution is -2.36. The standard InChI is InChI=1S/C22H29N3O2.HI/c1-4-14-27-21-9-7-6-8-20(21)16-25-22(23-3)24-15-18-10-12-19(13-11-18)17-26-5-2;/h4,6-13H,1,5,14-17H2,2-3H3,(H2,23,24,25);1H. The number of guanidine groups is 1. The zero-order chi connectivity index (χ0) is 19.3. The number of para-hydroxylation sites is 1. The fraction of sp³-hybridized carbons (Fsp3) is 0.318. The third kappa shape index (κ3) is 8.31. The molecule has 28 heavy (non-hydrogen) atoms. The van der Waals surface area contributed by atoms with E-state index in [9.17, 15) is 0 Å². The van der Waals surface area contributed by atoms with Crippen molar-refractivity contribution in [3.63, 3.8) is 0 Å². The minimum Gasteiger partial charge on any atom is -0.489 e. The molecule has 0 amide bonds. The number of rotatable bonds is 10. The first-order valence-electron chi connectivity index (χ1n) is 9.18. The summed E-state index contributed by atoms with van der Waals surface area (Å²) < 4.78 is 11.1. The van der Waals surface area contributed by atoms with Gasteiger partial charge in [0, 0.05) is 32.3 Å². The fourth-order valence-electron chi connectivity index (χ4n) is 2.50. The van der Waals surface area contributed by atoms with E-state index in [0.29, 0.717) is 26.3 Å². The molecule has 0 saturated carbocycles. The van der Waals surface area contributed by atoms with Crippen LogP contribution in [0.4, 0.5) is 0 Å². The Morgan fingerprint density at radius 2 is 1.71 bits per heavy atom. The van der Waals surface area contributed by atoms with Gasteiger partial charge in [-0.15, -0.1) is 24.0 Å². The predicted molar refractivity (Wildman–Crippen MR) is 126 cm³/mol. The second kappa shape index (κ2) is 14.0. The molecule has 5 nitrogen and oxygen atoms in total. The minimum atomic E-state index is 0. The van der Waals surface area contributed by atoms with Crippen LogP contribution in [0, 0.1) is 0 Å². The van der Waals surface area contributed by atoms with E-state index in [1.807, 2.05) is 31.2 Å². The molecule has 0 radical (unpaired) electrons. The zero-order valence-corrected chi connectivity index (χ0v) is 18.9. The highest BCUT2D eigenvalue weighted by molar-refractivity contribution is 14.0. The van der Waals surface area contributed by atoms with Crippen LogP contribution in [-0.2, 0) is 24.4 Å². The van der Waals surface area contributed by atoms with E-state index in [2.05, 4.69) is 46.5 Å². The first kappa shape index (κ1) is 24.0. The topological polar surface area (TPSA) is 54.9 Å². The Balaban J connectivity index is 0.00000392. The fourth-order valence-corrected chi connectivity index (χ4v) is 2.50. The lowest BCUT2D eigenvalue weighted by molar-refractivity contribution is 0.134. The molecule has 0 aromatic heterocycles. The Bertz CT molecular complexity index is 733. The molecule has 0 bridgehead atoms. The summed E-state index contributed by atoms with van der Waals surface area (Å²) in [5.74, 6) is 1.59. The van der Waals surface area contributed by atoms with E-state index < -0.39 is 0 Å². The molecule has 2 aromatic rings. The monoisotopic (exact) mass is 495 g/mol. The smallest absolute Gasteiger partial charge is 0.191 e. The average molecular weight is 495 g/mol. The van der Waals surface area contributed by atoms with Crippen molar-refractivity contribution in [2.24, 2.45) is 4.99 Å². The second-order valence-electron chi connectivity index (χ2n) is 5.94. The lowest BCUT2D eigenvalue weighted by atomic mass is 10.1. The third-order valence-corrected chi connectivity index (χ3v) is 3.95. The number of hydrogen-bond acceptors (Lipinski definition) is 3. The van der Waals surface area contributed by atoms with E-state index in [1.165, 1.54) is 11.1 Å². The van der Waals surface area contributed by atoms with Gasteiger partial charge in [0.15, 0.2) is 5.96 Å². The van der Waals surface area contributed by atoms with Gasteiger partial charge in [-0.2, -0.15) is 0 Å². The van der Waals surface area contributed by atoms with Crippen molar-refractivity contribution in [3.05, 3.63) is 77.9 Å². The molecule has 2 N–H and O–H groups in total. The molecule has 0 fully saturated rings. The van der Waals surface area contributed by atoms with E-state index >= 15 is 0 Å². The molecule has 0 aliphatic heterocycles. The van der Waals surface area contributed by atoms with E-state index in [1.54, 1.807) is 13.1 Å². The van der Waals surface area contributed by atoms with E-state index in [4.69, 9.17) is 9.47 Å². The number of ether oxygens (including phenoxy) is 2. The maximum atomic E-state index is 5.69. The van der Waals surface area contributed by atoms with Crippen LogP contribution in [0.1, 0.15) is 23.6 Å². The molecule has 0 spiro atoms. The maximum Gasteiger partial charge on any atom is 0.191 e. The molecule has 2 rings (SSSR count). The Hall–Kier alpha value is -2.06. The van der Waals surface area contributed by atoms with Crippen LogP contribution in [0.25, 0.3) is 0 Å². The SMILES string of the molecule is C=CCOc1ccccc1CNC(=NC)NCc1ccc(COCC)cc1.I. The molecule has 2 aromatic carbocycles. The molecule has 0 unspecified atom stereocenters. The van der Waals surface area contributed by atoms with Gasteiger partial charge in [-0.05, 0) is 24.1 Å². The van der Waals surface area contributed by atoms with Gasteiger partial charge < -0.3 is 20.1 Å². The summed E-state index contributed by atoms with van der Waals surface area (Å²) in [6.45, 7) is 8.89. The Morgan fingerprint density at radius 3 is 2.39 bits per heavy atom. The van der Waals surface area contributed by atoms with Crippen molar-refractivity contribution in [1.82, 2.24) is 10.6 Å². The molecular formula is C22H30IN3O2. The largest absolute Gasteiger partial charge is 0.489 e. The molecule has 0 aliphatic rings. The summed E-state index contributed by atoms with van der Waals surface area (Å²) in [7, 11) is 1.76. The summed E-state index contributed by atoms with van der Waals surface area (Å²) in [5, 5.41) is 6.66. The van der Waals surface area contributed by atoms with Crippen LogP contribution in [0.15, 0.2) is 66.2 Å². The summed E-state index contributed by atoms with van der Waals surface area (Å²) in [4.78, 5) is 4.29. The van der Waals surface area contributed by atoms with Crippen LogP contribution in [-0.4, -0.2) is 26.2 Å². The highest BCUT2D eigenvalue weighted by Gasteiger charge is 2.04. The number of aliphatic imine (C=N–C) groups is 1. The van der Waals surface area contributed by atoms with Crippen LogP contribution >= 0.6 is 24.0 Å². The van der Waals surface area contributed by atoms with E-state index in [0.717, 1.165) is 23.9 Å². The van der Waals surface area contributed by atoms with Crippen LogP contribution in [0.3, 0.4) is 0 Å². The third-order valence-electron chi connectivity index (χ3n) is 3.95. The number of benzene rings is 2. The van der Waals surface area contributed by atoms with Crippen LogP contribution in [0.5, 0.6) is 5.75 Å². The van der Waals surface area contributed by atoms with Crippen molar-refractivity contribution < 1.29 is 9.47 Å². The molecule has 0 atom stereocenters. The first-order valence-corrected chi connectivity index (χ1v) is 9.18. The minimum absolute atomic E-state index is 0. The van der Waals surface area contributed by atoms with Gasteiger partial charge in [-0.1, -0.05) is 55.1 Å². The van der Waals surface area contributed by atoms with Crippen LogP contribution < -0.4 is 15.4 Å². The zero-order valence-electron chi connectivity index (χ0n) is 16.6. The van der Waals surface area contributed by atoms with Crippen molar-refractivity contribution in [1.29, 1.82) is 0 Å². The Kier molecular flexibility index (Phi) is 12.0. The van der Waals surface area contributed by atoms with Gasteiger partial charge in [-0.25, -0.2) is 0 Å². The van der Waals surface area contributed by atoms with Gasteiger partial charge in [0.2, 0.25) is 0 Å². The van der Waals surface area contributed by atoms with Gasteiger partial charge in [0.1, 0.15) is 12.4 Å². The van der Waals surface area contributed by atoms with Crippen molar-refractivity contribution in [3.8, 4) is 5.75 Å². The Morgan fingerprint density at radius 1 is 1.04 bits per heavy atom. The quantitative estimate of drug-likeness (QED) is 0.224. The first-order chi connectivity index (χ1) is 13.3. The highest BCUT2D eigenvalue weighted by Crippen LogP contribution is 2.17. The molecule has 0 heterocycles. The van der Waals surface area contributed by atoms with Gasteiger partial charge in [-0.3, -0.25) is 4.99 Å². The molecule has 0 saturated heterocycles. The summed E-state index contributed by atoms with van der Waals surface area (Å²) in [6, 6.07) is 16.4. The molecule has 6 heteroatoms. The predicted octanol–water partition coefficient (Wildman–Crippen LogP) is 4.27. The molecular weight excluding hydrogens is 465 g/mol. The number of hydrogen-bond donors (Lipinski definition) is 2. The van der Waals surface area contributed by atoms with Gasteiger partial charge >= 0.3 is 0 Å². The normalized spacial score (nSPS) is 10.7.